The molecule has 0 heterocycles. The molecule has 2 rings (SSSR count). The number of nitrogens with one attached hydrogen (secondary N) is 2. The molecule has 0 radical (unpaired) electrons. The van der Waals surface area contributed by atoms with Crippen molar-refractivity contribution in [2.24, 2.45) is 0 Å². The molecule has 1 aromatic rings. The van der Waals surface area contributed by atoms with Gasteiger partial charge in [0.15, 0.2) is 0 Å². The molecule has 0 aromatic heterocycles. The quantitative estimate of drug-likeness (QED) is 0.752. The van der Waals surface area contributed by atoms with E-state index in [1.165, 1.54) is 30.4 Å². The number of aryl methyl sites for hydroxylation is 2. The maximum absolute atomic E-state index is 12.1. The van der Waals surface area contributed by atoms with Gasteiger partial charge in [0.25, 0.3) is 0 Å². The average Bonchev–Trinajstić information content (AvgIpc) is 2.56. The second kappa shape index (κ2) is 9.06. The summed E-state index contributed by atoms with van der Waals surface area (Å²) < 4.78 is 5.16. The molecule has 2 N–H and O–H groups in total. The zero-order valence-corrected chi connectivity index (χ0v) is 16.5. The minimum Gasteiger partial charge on any atom is -0.444 e. The van der Waals surface area contributed by atoms with Crippen molar-refractivity contribution in [3.63, 3.8) is 0 Å². The van der Waals surface area contributed by atoms with Gasteiger partial charge in [0, 0.05) is 13.0 Å². The molecular formula is C21H32N2O3. The Bertz CT molecular complexity index is 635. The van der Waals surface area contributed by atoms with Gasteiger partial charge in [-0.1, -0.05) is 18.2 Å². The molecule has 1 aliphatic carbocycles. The predicted octanol–water partition coefficient (Wildman–Crippen LogP) is 4.05. The van der Waals surface area contributed by atoms with Gasteiger partial charge in [-0.25, -0.2) is 4.79 Å². The molecule has 0 aliphatic heterocycles. The maximum atomic E-state index is 12.1. The lowest BCUT2D eigenvalue weighted by atomic mass is 9.89. The Balaban J connectivity index is 1.71. The number of fused-ring (bicyclic) bond motifs is 1. The number of hydrogen-bond donors (Lipinski definition) is 2. The molecule has 1 unspecified atom stereocenters. The molecule has 0 bridgehead atoms. The first-order valence-corrected chi connectivity index (χ1v) is 9.62. The highest BCUT2D eigenvalue weighted by Gasteiger charge is 2.16. The van der Waals surface area contributed by atoms with Crippen LogP contribution in [-0.2, 0) is 22.4 Å². The minimum absolute atomic E-state index is 0.00112. The van der Waals surface area contributed by atoms with E-state index in [2.05, 4.69) is 28.8 Å². The van der Waals surface area contributed by atoms with E-state index in [1.54, 1.807) is 0 Å². The van der Waals surface area contributed by atoms with Crippen molar-refractivity contribution in [2.75, 3.05) is 6.54 Å². The topological polar surface area (TPSA) is 67.4 Å². The standard InChI is InChI=1S/C21H32N2O3/c1-15(17-12-11-16-8-5-6-9-18(16)14-17)23-19(24)10-7-13-22-20(25)26-21(2,3)4/h11-12,14-15H,5-10,13H2,1-4H3,(H,22,25)(H,23,24). The second-order valence-corrected chi connectivity index (χ2v) is 8.06. The van der Waals surface area contributed by atoms with Crippen LogP contribution in [0.15, 0.2) is 18.2 Å². The molecule has 26 heavy (non-hydrogen) atoms. The normalized spacial score (nSPS) is 14.9. The van der Waals surface area contributed by atoms with E-state index < -0.39 is 11.7 Å². The van der Waals surface area contributed by atoms with Crippen LogP contribution in [0.1, 0.15) is 76.1 Å². The van der Waals surface area contributed by atoms with Gasteiger partial charge in [-0.15, -0.1) is 0 Å². The van der Waals surface area contributed by atoms with E-state index in [4.69, 9.17) is 4.74 Å². The van der Waals surface area contributed by atoms with Crippen molar-refractivity contribution < 1.29 is 14.3 Å². The van der Waals surface area contributed by atoms with Crippen LogP contribution in [0.4, 0.5) is 4.79 Å². The Morgan fingerprint density at radius 1 is 1.15 bits per heavy atom. The number of carbonyl (C=O) groups is 2. The lowest BCUT2D eigenvalue weighted by Crippen LogP contribution is -2.33. The highest BCUT2D eigenvalue weighted by Crippen LogP contribution is 2.24. The average molecular weight is 360 g/mol. The summed E-state index contributed by atoms with van der Waals surface area (Å²) in [4.78, 5) is 23.7. The zero-order chi connectivity index (χ0) is 19.2. The molecule has 1 atom stereocenters. The summed E-state index contributed by atoms with van der Waals surface area (Å²) in [5.74, 6) is 0.00112. The summed E-state index contributed by atoms with van der Waals surface area (Å²) in [5, 5.41) is 5.72. The molecule has 0 saturated heterocycles. The van der Waals surface area contributed by atoms with E-state index in [0.717, 1.165) is 12.0 Å². The molecule has 0 saturated carbocycles. The minimum atomic E-state index is -0.508. The van der Waals surface area contributed by atoms with Gasteiger partial charge in [0.1, 0.15) is 5.60 Å². The second-order valence-electron chi connectivity index (χ2n) is 8.06. The Morgan fingerprint density at radius 3 is 2.54 bits per heavy atom. The van der Waals surface area contributed by atoms with Crippen LogP contribution < -0.4 is 10.6 Å². The maximum Gasteiger partial charge on any atom is 0.407 e. The number of benzene rings is 1. The van der Waals surface area contributed by atoms with Crippen molar-refractivity contribution >= 4 is 12.0 Å². The van der Waals surface area contributed by atoms with Crippen molar-refractivity contribution in [1.82, 2.24) is 10.6 Å². The van der Waals surface area contributed by atoms with Crippen LogP contribution in [0.3, 0.4) is 0 Å². The third kappa shape index (κ3) is 6.70. The number of hydrogen-bond acceptors (Lipinski definition) is 3. The highest BCUT2D eigenvalue weighted by molar-refractivity contribution is 5.76. The fourth-order valence-electron chi connectivity index (χ4n) is 3.17. The van der Waals surface area contributed by atoms with Gasteiger partial charge in [0.05, 0.1) is 6.04 Å². The molecule has 2 amide bonds. The van der Waals surface area contributed by atoms with Gasteiger partial charge in [-0.3, -0.25) is 4.79 Å². The number of carbonyl (C=O) groups excluding carboxylic acids is 2. The van der Waals surface area contributed by atoms with Gasteiger partial charge in [-0.2, -0.15) is 0 Å². The number of alkyl carbamates (subject to hydrolysis) is 1. The zero-order valence-electron chi connectivity index (χ0n) is 16.5. The van der Waals surface area contributed by atoms with E-state index in [1.807, 2.05) is 27.7 Å². The highest BCUT2D eigenvalue weighted by atomic mass is 16.6. The Kier molecular flexibility index (Phi) is 7.06. The molecule has 0 spiro atoms. The molecule has 0 fully saturated rings. The smallest absolute Gasteiger partial charge is 0.407 e. The van der Waals surface area contributed by atoms with Gasteiger partial charge in [0.2, 0.25) is 5.91 Å². The van der Waals surface area contributed by atoms with E-state index >= 15 is 0 Å². The van der Waals surface area contributed by atoms with Crippen molar-refractivity contribution in [3.05, 3.63) is 34.9 Å². The van der Waals surface area contributed by atoms with Crippen LogP contribution >= 0.6 is 0 Å². The fraction of sp³-hybridized carbons (Fsp3) is 0.619. The summed E-state index contributed by atoms with van der Waals surface area (Å²) in [5.41, 5.74) is 3.53. The predicted molar refractivity (Wildman–Crippen MR) is 103 cm³/mol. The number of ether oxygens (including phenoxy) is 1. The largest absolute Gasteiger partial charge is 0.444 e. The lowest BCUT2D eigenvalue weighted by molar-refractivity contribution is -0.121. The number of rotatable bonds is 6. The first-order chi connectivity index (χ1) is 12.2. The van der Waals surface area contributed by atoms with Gasteiger partial charge in [-0.05, 0) is 76.5 Å². The van der Waals surface area contributed by atoms with E-state index in [9.17, 15) is 9.59 Å². The van der Waals surface area contributed by atoms with Crippen LogP contribution in [0.2, 0.25) is 0 Å². The Labute approximate surface area is 156 Å². The SMILES string of the molecule is CC(NC(=O)CCCNC(=O)OC(C)(C)C)c1ccc2c(c1)CCCC2. The van der Waals surface area contributed by atoms with Crippen LogP contribution in [0, 0.1) is 0 Å². The molecule has 5 nitrogen and oxygen atoms in total. The third-order valence-corrected chi connectivity index (χ3v) is 4.50. The fourth-order valence-corrected chi connectivity index (χ4v) is 3.17. The number of amides is 2. The summed E-state index contributed by atoms with van der Waals surface area (Å²) >= 11 is 0. The van der Waals surface area contributed by atoms with Gasteiger partial charge < -0.3 is 15.4 Å². The van der Waals surface area contributed by atoms with E-state index in [-0.39, 0.29) is 11.9 Å². The summed E-state index contributed by atoms with van der Waals surface area (Å²) in [6, 6.07) is 6.56. The van der Waals surface area contributed by atoms with Crippen LogP contribution in [0.5, 0.6) is 0 Å². The van der Waals surface area contributed by atoms with Gasteiger partial charge >= 0.3 is 6.09 Å². The molecule has 5 heteroatoms. The summed E-state index contributed by atoms with van der Waals surface area (Å²) in [6.07, 6.45) is 5.35. The first kappa shape index (κ1) is 20.3. The molecule has 144 valence electrons. The van der Waals surface area contributed by atoms with Crippen molar-refractivity contribution in [3.8, 4) is 0 Å². The monoisotopic (exact) mass is 360 g/mol. The molecule has 1 aliphatic rings. The van der Waals surface area contributed by atoms with Crippen LogP contribution in [-0.4, -0.2) is 24.1 Å². The Hall–Kier alpha value is -2.04. The third-order valence-electron chi connectivity index (χ3n) is 4.50. The van der Waals surface area contributed by atoms with Crippen molar-refractivity contribution in [1.29, 1.82) is 0 Å². The summed E-state index contributed by atoms with van der Waals surface area (Å²) in [6.45, 7) is 7.91. The summed E-state index contributed by atoms with van der Waals surface area (Å²) in [7, 11) is 0. The lowest BCUT2D eigenvalue weighted by Gasteiger charge is -2.20. The van der Waals surface area contributed by atoms with Crippen molar-refractivity contribution in [2.45, 2.75) is 77.9 Å². The van der Waals surface area contributed by atoms with E-state index in [0.29, 0.717) is 19.4 Å². The first-order valence-electron chi connectivity index (χ1n) is 9.62. The Morgan fingerprint density at radius 2 is 1.85 bits per heavy atom. The molecular weight excluding hydrogens is 328 g/mol. The van der Waals surface area contributed by atoms with Crippen LogP contribution in [0.25, 0.3) is 0 Å². The molecule has 1 aromatic carbocycles.